The van der Waals surface area contributed by atoms with Crippen LogP contribution in [0.1, 0.15) is 6.42 Å². The lowest BCUT2D eigenvalue weighted by molar-refractivity contribution is -0.138. The van der Waals surface area contributed by atoms with E-state index in [2.05, 4.69) is 0 Å². The van der Waals surface area contributed by atoms with Crippen LogP contribution in [0.25, 0.3) is 0 Å². The monoisotopic (exact) mass is 287 g/mol. The molecule has 0 bridgehead atoms. The number of nitrogens with zero attached hydrogens (tertiary/aromatic N) is 3. The molecule has 2 heterocycles. The summed E-state index contributed by atoms with van der Waals surface area (Å²) in [5.74, 6) is 1.04. The van der Waals surface area contributed by atoms with Crippen LogP contribution in [0.3, 0.4) is 0 Å². The summed E-state index contributed by atoms with van der Waals surface area (Å²) in [6, 6.07) is 0.0443. The summed E-state index contributed by atoms with van der Waals surface area (Å²) in [6.45, 7) is 1.26. The van der Waals surface area contributed by atoms with Crippen LogP contribution in [-0.2, 0) is 9.59 Å². The lowest BCUT2D eigenvalue weighted by Crippen LogP contribution is -2.46. The van der Waals surface area contributed by atoms with Crippen molar-refractivity contribution in [2.45, 2.75) is 18.6 Å². The van der Waals surface area contributed by atoms with E-state index in [1.165, 1.54) is 11.8 Å². The van der Waals surface area contributed by atoms with Gasteiger partial charge < -0.3 is 19.8 Å². The minimum atomic E-state index is -0.447. The van der Waals surface area contributed by atoms with Crippen molar-refractivity contribution in [3.05, 3.63) is 0 Å². The third-order valence-electron chi connectivity index (χ3n) is 3.44. The number of likely N-dealkylation sites (tertiary alicyclic amines) is 1. The number of carbonyl (C=O) groups is 2. The second-order valence-electron chi connectivity index (χ2n) is 5.42. The van der Waals surface area contributed by atoms with Gasteiger partial charge in [-0.25, -0.2) is 0 Å². The van der Waals surface area contributed by atoms with E-state index in [1.807, 2.05) is 19.0 Å². The molecule has 2 fully saturated rings. The topological polar surface area (TPSA) is 64.1 Å². The first-order valence-corrected chi connectivity index (χ1v) is 7.60. The largest absolute Gasteiger partial charge is 0.391 e. The Balaban J connectivity index is 1.94. The molecular formula is C12H21N3O3S. The molecule has 2 aliphatic heterocycles. The summed E-state index contributed by atoms with van der Waals surface area (Å²) in [4.78, 5) is 29.1. The zero-order valence-electron chi connectivity index (χ0n) is 11.4. The van der Waals surface area contributed by atoms with Crippen molar-refractivity contribution in [3.8, 4) is 0 Å². The average molecular weight is 287 g/mol. The molecule has 0 aromatic carbocycles. The minimum Gasteiger partial charge on any atom is -0.391 e. The van der Waals surface area contributed by atoms with Gasteiger partial charge in [-0.1, -0.05) is 0 Å². The van der Waals surface area contributed by atoms with Gasteiger partial charge in [0.15, 0.2) is 0 Å². The first-order valence-electron chi connectivity index (χ1n) is 6.45. The number of likely N-dealkylation sites (N-methyl/N-ethyl adjacent to an activating group) is 1. The predicted octanol–water partition coefficient (Wildman–Crippen LogP) is -0.957. The molecule has 2 unspecified atom stereocenters. The van der Waals surface area contributed by atoms with Crippen LogP contribution in [0.4, 0.5) is 0 Å². The van der Waals surface area contributed by atoms with E-state index in [4.69, 9.17) is 0 Å². The lowest BCUT2D eigenvalue weighted by Gasteiger charge is -2.28. The molecule has 2 aliphatic rings. The quantitative estimate of drug-likeness (QED) is 0.722. The Labute approximate surface area is 117 Å². The molecule has 0 aliphatic carbocycles. The molecule has 108 valence electrons. The molecule has 2 atom stereocenters. The minimum absolute atomic E-state index is 0.0299. The van der Waals surface area contributed by atoms with Crippen molar-refractivity contribution in [1.82, 2.24) is 14.7 Å². The van der Waals surface area contributed by atoms with E-state index in [0.29, 0.717) is 24.6 Å². The summed E-state index contributed by atoms with van der Waals surface area (Å²) in [5, 5.41) is 9.75. The Hall–Kier alpha value is -0.790. The predicted molar refractivity (Wildman–Crippen MR) is 73.7 cm³/mol. The van der Waals surface area contributed by atoms with Crippen molar-refractivity contribution in [3.63, 3.8) is 0 Å². The second-order valence-corrected chi connectivity index (χ2v) is 6.38. The van der Waals surface area contributed by atoms with Gasteiger partial charge in [0, 0.05) is 19.1 Å². The molecule has 1 N–H and O–H groups in total. The highest BCUT2D eigenvalue weighted by Gasteiger charge is 2.35. The van der Waals surface area contributed by atoms with E-state index in [-0.39, 0.29) is 24.4 Å². The van der Waals surface area contributed by atoms with Crippen molar-refractivity contribution in [2.75, 3.05) is 45.4 Å². The Bertz CT molecular complexity index is 364. The number of aliphatic hydroxyl groups excluding tert-OH is 1. The van der Waals surface area contributed by atoms with Crippen LogP contribution in [0, 0.1) is 0 Å². The number of aliphatic hydroxyl groups is 1. The maximum absolute atomic E-state index is 12.3. The highest BCUT2D eigenvalue weighted by atomic mass is 32.2. The molecule has 0 aromatic rings. The summed E-state index contributed by atoms with van der Waals surface area (Å²) < 4.78 is 0. The summed E-state index contributed by atoms with van der Waals surface area (Å²) in [5.41, 5.74) is 0. The van der Waals surface area contributed by atoms with Gasteiger partial charge >= 0.3 is 0 Å². The molecule has 19 heavy (non-hydrogen) atoms. The first kappa shape index (κ1) is 14.6. The van der Waals surface area contributed by atoms with Crippen LogP contribution >= 0.6 is 11.8 Å². The van der Waals surface area contributed by atoms with Crippen LogP contribution in [0.2, 0.25) is 0 Å². The van der Waals surface area contributed by atoms with Crippen LogP contribution in [-0.4, -0.2) is 89.1 Å². The van der Waals surface area contributed by atoms with Gasteiger partial charge in [0.2, 0.25) is 11.8 Å². The maximum Gasteiger partial charge on any atom is 0.242 e. The SMILES string of the molecule is CN(C)CC1CC(O)CN1C(=O)CN1CSCC1=O. The maximum atomic E-state index is 12.3. The number of amides is 2. The number of β-amino-alcohol motifs (C(OH)–C–C–N with tert-alkyl or cyclic N) is 1. The highest BCUT2D eigenvalue weighted by molar-refractivity contribution is 8.00. The molecule has 0 aromatic heterocycles. The number of rotatable bonds is 4. The third-order valence-corrected chi connectivity index (χ3v) is 4.39. The molecule has 0 saturated carbocycles. The van der Waals surface area contributed by atoms with Crippen LogP contribution in [0.5, 0.6) is 0 Å². The number of carbonyl (C=O) groups excluding carboxylic acids is 2. The van der Waals surface area contributed by atoms with Gasteiger partial charge in [0.1, 0.15) is 6.54 Å². The highest BCUT2D eigenvalue weighted by Crippen LogP contribution is 2.20. The van der Waals surface area contributed by atoms with Gasteiger partial charge in [-0.2, -0.15) is 0 Å². The van der Waals surface area contributed by atoms with Crippen molar-refractivity contribution < 1.29 is 14.7 Å². The van der Waals surface area contributed by atoms with Crippen molar-refractivity contribution in [2.24, 2.45) is 0 Å². The Morgan fingerprint density at radius 3 is 2.84 bits per heavy atom. The van der Waals surface area contributed by atoms with Crippen LogP contribution in [0.15, 0.2) is 0 Å². The first-order chi connectivity index (χ1) is 8.97. The Morgan fingerprint density at radius 2 is 2.26 bits per heavy atom. The third kappa shape index (κ3) is 3.61. The molecule has 6 nitrogen and oxygen atoms in total. The average Bonchev–Trinajstić information content (AvgIpc) is 2.85. The fourth-order valence-corrected chi connectivity index (χ4v) is 3.49. The van der Waals surface area contributed by atoms with E-state index in [1.54, 1.807) is 9.80 Å². The number of hydrogen-bond donors (Lipinski definition) is 1. The fourth-order valence-electron chi connectivity index (χ4n) is 2.59. The lowest BCUT2D eigenvalue weighted by atomic mass is 10.2. The molecule has 0 spiro atoms. The smallest absolute Gasteiger partial charge is 0.242 e. The summed E-state index contributed by atoms with van der Waals surface area (Å²) in [6.07, 6.45) is 0.171. The Kier molecular flexibility index (Phi) is 4.70. The van der Waals surface area contributed by atoms with E-state index < -0.39 is 6.10 Å². The zero-order valence-corrected chi connectivity index (χ0v) is 12.2. The fraction of sp³-hybridized carbons (Fsp3) is 0.833. The van der Waals surface area contributed by atoms with E-state index in [0.717, 1.165) is 6.54 Å². The second kappa shape index (κ2) is 6.11. The molecule has 7 heteroatoms. The summed E-state index contributed by atoms with van der Waals surface area (Å²) >= 11 is 1.53. The van der Waals surface area contributed by atoms with Crippen molar-refractivity contribution >= 4 is 23.6 Å². The normalized spacial score (nSPS) is 27.7. The number of thioether (sulfide) groups is 1. The van der Waals surface area contributed by atoms with Gasteiger partial charge in [-0.15, -0.1) is 11.8 Å². The van der Waals surface area contributed by atoms with Gasteiger partial charge in [0.05, 0.1) is 17.7 Å². The van der Waals surface area contributed by atoms with Gasteiger partial charge in [-0.3, -0.25) is 9.59 Å². The molecular weight excluding hydrogens is 266 g/mol. The molecule has 2 rings (SSSR count). The molecule has 2 amide bonds. The number of hydrogen-bond acceptors (Lipinski definition) is 5. The standard InChI is InChI=1S/C12H21N3O3S/c1-13(2)4-9-3-10(16)5-15(9)11(17)6-14-8-19-7-12(14)18/h9-10,16H,3-8H2,1-2H3. The van der Waals surface area contributed by atoms with Crippen LogP contribution < -0.4 is 0 Å². The molecule has 2 saturated heterocycles. The summed E-state index contributed by atoms with van der Waals surface area (Å²) in [7, 11) is 3.90. The zero-order chi connectivity index (χ0) is 14.0. The van der Waals surface area contributed by atoms with E-state index in [9.17, 15) is 14.7 Å². The Morgan fingerprint density at radius 1 is 1.53 bits per heavy atom. The van der Waals surface area contributed by atoms with Gasteiger partial charge in [0.25, 0.3) is 0 Å². The van der Waals surface area contributed by atoms with E-state index >= 15 is 0 Å². The molecule has 0 radical (unpaired) electrons. The van der Waals surface area contributed by atoms with Gasteiger partial charge in [-0.05, 0) is 20.5 Å². The van der Waals surface area contributed by atoms with Crippen molar-refractivity contribution in [1.29, 1.82) is 0 Å².